The van der Waals surface area contributed by atoms with Crippen molar-refractivity contribution in [3.8, 4) is 0 Å². The van der Waals surface area contributed by atoms with Crippen LogP contribution >= 0.6 is 15.9 Å². The van der Waals surface area contributed by atoms with E-state index in [0.29, 0.717) is 4.47 Å². The predicted molar refractivity (Wildman–Crippen MR) is 70.0 cm³/mol. The summed E-state index contributed by atoms with van der Waals surface area (Å²) in [5.41, 5.74) is -0.386. The first kappa shape index (κ1) is 15.1. The lowest BCUT2D eigenvalue weighted by atomic mass is 10.1. The Kier molecular flexibility index (Phi) is 4.99. The normalized spacial score (nSPS) is 10.0. The monoisotopic (exact) mass is 330 g/mol. The summed E-state index contributed by atoms with van der Waals surface area (Å²) < 4.78 is 0.490. The average Bonchev–Trinajstić information content (AvgIpc) is 2.34. The van der Waals surface area contributed by atoms with E-state index in [1.54, 1.807) is 0 Å². The van der Waals surface area contributed by atoms with E-state index >= 15 is 0 Å². The average molecular weight is 331 g/mol. The Labute approximate surface area is 117 Å². The number of carboxylic acid groups (broad SMARTS) is 1. The molecule has 0 radical (unpaired) electrons. The third kappa shape index (κ3) is 4.02. The first-order valence-electron chi connectivity index (χ1n) is 5.24. The third-order valence-electron chi connectivity index (χ3n) is 2.39. The molecule has 0 saturated carbocycles. The molecule has 1 aromatic carbocycles. The molecule has 1 N–H and O–H groups in total. The van der Waals surface area contributed by atoms with E-state index in [-0.39, 0.29) is 24.2 Å². The Balaban J connectivity index is 2.99. The van der Waals surface area contributed by atoms with Gasteiger partial charge in [-0.3, -0.25) is 19.7 Å². The van der Waals surface area contributed by atoms with Gasteiger partial charge in [0.25, 0.3) is 11.6 Å². The Morgan fingerprint density at radius 2 is 2.11 bits per heavy atom. The van der Waals surface area contributed by atoms with Crippen molar-refractivity contribution < 1.29 is 19.6 Å². The molecule has 102 valence electrons. The second-order valence-corrected chi connectivity index (χ2v) is 4.70. The lowest BCUT2D eigenvalue weighted by Crippen LogP contribution is -2.29. The summed E-state index contributed by atoms with van der Waals surface area (Å²) in [6.07, 6.45) is -0.216. The van der Waals surface area contributed by atoms with Crippen LogP contribution < -0.4 is 0 Å². The van der Waals surface area contributed by atoms with Gasteiger partial charge in [-0.15, -0.1) is 0 Å². The Morgan fingerprint density at radius 3 is 2.63 bits per heavy atom. The number of halogens is 1. The lowest BCUT2D eigenvalue weighted by molar-refractivity contribution is -0.385. The number of aliphatic carboxylic acids is 1. The smallest absolute Gasteiger partial charge is 0.305 e. The van der Waals surface area contributed by atoms with E-state index in [0.717, 1.165) is 4.90 Å². The molecular formula is C11H11BrN2O5. The fourth-order valence-electron chi connectivity index (χ4n) is 1.41. The zero-order chi connectivity index (χ0) is 14.6. The van der Waals surface area contributed by atoms with Crippen LogP contribution in [0.1, 0.15) is 16.8 Å². The van der Waals surface area contributed by atoms with Crippen molar-refractivity contribution in [2.24, 2.45) is 0 Å². The van der Waals surface area contributed by atoms with Crippen molar-refractivity contribution in [2.45, 2.75) is 6.42 Å². The SMILES string of the molecule is CN(CCC(=O)O)C(=O)c1ccc(Br)cc1[N+](=O)[O-]. The van der Waals surface area contributed by atoms with E-state index in [1.807, 2.05) is 0 Å². The van der Waals surface area contributed by atoms with Gasteiger partial charge in [-0.25, -0.2) is 0 Å². The summed E-state index contributed by atoms with van der Waals surface area (Å²) in [6, 6.07) is 4.09. The maximum atomic E-state index is 12.0. The number of carbonyl (C=O) groups excluding carboxylic acids is 1. The molecule has 1 aromatic rings. The number of carboxylic acids is 1. The molecular weight excluding hydrogens is 320 g/mol. The first-order valence-corrected chi connectivity index (χ1v) is 6.03. The van der Waals surface area contributed by atoms with Crippen molar-refractivity contribution in [1.29, 1.82) is 0 Å². The second-order valence-electron chi connectivity index (χ2n) is 3.79. The van der Waals surface area contributed by atoms with Gasteiger partial charge in [0.2, 0.25) is 0 Å². The fraction of sp³-hybridized carbons (Fsp3) is 0.273. The largest absolute Gasteiger partial charge is 0.481 e. The van der Waals surface area contributed by atoms with Gasteiger partial charge in [-0.2, -0.15) is 0 Å². The number of carbonyl (C=O) groups is 2. The number of nitro groups is 1. The number of rotatable bonds is 5. The van der Waals surface area contributed by atoms with Gasteiger partial charge in [0.15, 0.2) is 0 Å². The highest BCUT2D eigenvalue weighted by molar-refractivity contribution is 9.10. The van der Waals surface area contributed by atoms with Crippen LogP contribution in [0.2, 0.25) is 0 Å². The third-order valence-corrected chi connectivity index (χ3v) is 2.89. The predicted octanol–water partition coefficient (Wildman–Crippen LogP) is 1.90. The van der Waals surface area contributed by atoms with Gasteiger partial charge >= 0.3 is 5.97 Å². The molecule has 0 saturated heterocycles. The summed E-state index contributed by atoms with van der Waals surface area (Å²) in [6.45, 7) is -0.0125. The van der Waals surface area contributed by atoms with Gasteiger partial charge in [-0.05, 0) is 12.1 Å². The van der Waals surface area contributed by atoms with Crippen LogP contribution in [0.25, 0.3) is 0 Å². The Bertz CT molecular complexity index is 532. The van der Waals surface area contributed by atoms with E-state index in [4.69, 9.17) is 5.11 Å². The molecule has 0 aromatic heterocycles. The number of hydrogen-bond acceptors (Lipinski definition) is 4. The minimum Gasteiger partial charge on any atom is -0.481 e. The lowest BCUT2D eigenvalue weighted by Gasteiger charge is -2.16. The molecule has 0 spiro atoms. The summed E-state index contributed by atoms with van der Waals surface area (Å²) in [5.74, 6) is -1.62. The molecule has 19 heavy (non-hydrogen) atoms. The van der Waals surface area contributed by atoms with Gasteiger partial charge < -0.3 is 10.0 Å². The number of amides is 1. The summed E-state index contributed by atoms with van der Waals surface area (Å²) >= 11 is 3.09. The molecule has 7 nitrogen and oxygen atoms in total. The molecule has 1 amide bonds. The highest BCUT2D eigenvalue weighted by Crippen LogP contribution is 2.24. The van der Waals surface area contributed by atoms with E-state index in [9.17, 15) is 19.7 Å². The molecule has 0 fully saturated rings. The second kappa shape index (κ2) is 6.28. The minimum absolute atomic E-state index is 0.0125. The van der Waals surface area contributed by atoms with Crippen molar-refractivity contribution >= 4 is 33.5 Å². The summed E-state index contributed by atoms with van der Waals surface area (Å²) in [7, 11) is 1.40. The molecule has 0 aliphatic rings. The molecule has 0 heterocycles. The van der Waals surface area contributed by atoms with Crippen molar-refractivity contribution in [3.05, 3.63) is 38.3 Å². The standard InChI is InChI=1S/C11H11BrN2O5/c1-13(5-4-10(15)16)11(17)8-3-2-7(12)6-9(8)14(18)19/h2-3,6H,4-5H2,1H3,(H,15,16). The van der Waals surface area contributed by atoms with Crippen LogP contribution in [-0.2, 0) is 4.79 Å². The van der Waals surface area contributed by atoms with E-state index < -0.39 is 16.8 Å². The molecule has 8 heteroatoms. The number of nitro benzene ring substituents is 1. The van der Waals surface area contributed by atoms with Gasteiger partial charge in [0.1, 0.15) is 5.56 Å². The zero-order valence-electron chi connectivity index (χ0n) is 10.00. The van der Waals surface area contributed by atoms with Crippen LogP contribution in [0.4, 0.5) is 5.69 Å². The zero-order valence-corrected chi connectivity index (χ0v) is 11.6. The molecule has 0 unspecified atom stereocenters. The Hall–Kier alpha value is -1.96. The van der Waals surface area contributed by atoms with Crippen molar-refractivity contribution in [2.75, 3.05) is 13.6 Å². The van der Waals surface area contributed by atoms with Gasteiger partial charge in [-0.1, -0.05) is 15.9 Å². The Morgan fingerprint density at radius 1 is 1.47 bits per heavy atom. The maximum absolute atomic E-state index is 12.0. The van der Waals surface area contributed by atoms with E-state index in [1.165, 1.54) is 25.2 Å². The molecule has 0 bridgehead atoms. The quantitative estimate of drug-likeness (QED) is 0.656. The van der Waals surface area contributed by atoms with Crippen LogP contribution in [0.3, 0.4) is 0 Å². The van der Waals surface area contributed by atoms with Crippen LogP contribution in [0.15, 0.2) is 22.7 Å². The van der Waals surface area contributed by atoms with Crippen LogP contribution in [0, 0.1) is 10.1 Å². The van der Waals surface area contributed by atoms with Crippen LogP contribution in [-0.4, -0.2) is 40.4 Å². The van der Waals surface area contributed by atoms with E-state index in [2.05, 4.69) is 15.9 Å². The molecule has 1 rings (SSSR count). The van der Waals surface area contributed by atoms with Crippen LogP contribution in [0.5, 0.6) is 0 Å². The highest BCUT2D eigenvalue weighted by Gasteiger charge is 2.23. The topological polar surface area (TPSA) is 101 Å². The first-order chi connectivity index (χ1) is 8.82. The fourth-order valence-corrected chi connectivity index (χ4v) is 1.76. The number of nitrogens with zero attached hydrogens (tertiary/aromatic N) is 2. The molecule has 0 aliphatic carbocycles. The summed E-state index contributed by atoms with van der Waals surface area (Å²) in [5, 5.41) is 19.4. The number of benzene rings is 1. The summed E-state index contributed by atoms with van der Waals surface area (Å²) in [4.78, 5) is 33.8. The number of hydrogen-bond donors (Lipinski definition) is 1. The van der Waals surface area contributed by atoms with Crippen molar-refractivity contribution in [1.82, 2.24) is 4.90 Å². The highest BCUT2D eigenvalue weighted by atomic mass is 79.9. The molecule has 0 atom stereocenters. The van der Waals surface area contributed by atoms with Gasteiger partial charge in [0.05, 0.1) is 11.3 Å². The minimum atomic E-state index is -1.04. The van der Waals surface area contributed by atoms with Gasteiger partial charge in [0, 0.05) is 24.1 Å². The maximum Gasteiger partial charge on any atom is 0.305 e. The van der Waals surface area contributed by atoms with Crippen molar-refractivity contribution in [3.63, 3.8) is 0 Å². The molecule has 0 aliphatic heterocycles.